The molecule has 1 saturated carbocycles. The number of thiophene rings is 1. The number of nitrogens with zero attached hydrogens (tertiary/aromatic N) is 1. The van der Waals surface area contributed by atoms with E-state index in [1.807, 2.05) is 0 Å². The molecule has 4 nitrogen and oxygen atoms in total. The number of alkyl halides is 3. The van der Waals surface area contributed by atoms with E-state index in [4.69, 9.17) is 5.73 Å². The fourth-order valence-electron chi connectivity index (χ4n) is 4.63. The summed E-state index contributed by atoms with van der Waals surface area (Å²) in [6.45, 7) is 3.48. The Morgan fingerprint density at radius 1 is 1.07 bits per heavy atom. The molecule has 0 aliphatic heterocycles. The number of hydrogen-bond acceptors (Lipinski definition) is 3. The lowest BCUT2D eigenvalue weighted by molar-refractivity contribution is -0.173. The summed E-state index contributed by atoms with van der Waals surface area (Å²) in [6.07, 6.45) is -1.64. The second-order valence-electron chi connectivity index (χ2n) is 7.93. The van der Waals surface area contributed by atoms with Crippen LogP contribution in [0.4, 0.5) is 18.9 Å². The minimum atomic E-state index is -5.16. The van der Waals surface area contributed by atoms with Crippen LogP contribution in [0.3, 0.4) is 0 Å². The number of primary amides is 1. The van der Waals surface area contributed by atoms with Crippen molar-refractivity contribution in [2.24, 2.45) is 11.7 Å². The van der Waals surface area contributed by atoms with Gasteiger partial charge in [0.1, 0.15) is 0 Å². The first-order valence-corrected chi connectivity index (χ1v) is 10.8. The molecule has 8 heteroatoms. The molecule has 1 aliphatic rings. The maximum atomic E-state index is 13.8. The van der Waals surface area contributed by atoms with Gasteiger partial charge in [-0.1, -0.05) is 31.4 Å². The van der Waals surface area contributed by atoms with Crippen LogP contribution < -0.4 is 10.6 Å². The van der Waals surface area contributed by atoms with Gasteiger partial charge in [0, 0.05) is 10.6 Å². The van der Waals surface area contributed by atoms with E-state index in [9.17, 15) is 22.8 Å². The summed E-state index contributed by atoms with van der Waals surface area (Å²) in [6, 6.07) is 8.08. The van der Waals surface area contributed by atoms with Gasteiger partial charge in [0.25, 0.3) is 0 Å². The summed E-state index contributed by atoms with van der Waals surface area (Å²) in [4.78, 5) is 27.0. The summed E-state index contributed by atoms with van der Waals surface area (Å²) >= 11 is 1.15. The van der Waals surface area contributed by atoms with Gasteiger partial charge in [0.05, 0.1) is 0 Å². The van der Waals surface area contributed by atoms with Crippen molar-refractivity contribution in [3.8, 4) is 0 Å². The number of anilines is 1. The van der Waals surface area contributed by atoms with E-state index >= 15 is 0 Å². The van der Waals surface area contributed by atoms with Crippen LogP contribution in [0, 0.1) is 19.8 Å². The molecule has 1 fully saturated rings. The van der Waals surface area contributed by atoms with E-state index in [0.29, 0.717) is 33.7 Å². The van der Waals surface area contributed by atoms with Crippen LogP contribution in [0.15, 0.2) is 35.7 Å². The molecule has 1 heterocycles. The van der Waals surface area contributed by atoms with Gasteiger partial charge < -0.3 is 5.73 Å². The Morgan fingerprint density at radius 2 is 1.67 bits per heavy atom. The van der Waals surface area contributed by atoms with Crippen LogP contribution in [-0.2, 0) is 15.1 Å². The number of aryl methyl sites for hydroxylation is 2. The molecule has 3 rings (SSSR count). The van der Waals surface area contributed by atoms with Crippen molar-refractivity contribution >= 4 is 28.8 Å². The van der Waals surface area contributed by atoms with Gasteiger partial charge in [0.15, 0.2) is 5.54 Å². The molecule has 0 saturated heterocycles. The van der Waals surface area contributed by atoms with Crippen LogP contribution in [0.25, 0.3) is 0 Å². The molecule has 1 atom stereocenters. The molecule has 0 spiro atoms. The van der Waals surface area contributed by atoms with E-state index in [1.54, 1.807) is 37.4 Å². The zero-order valence-electron chi connectivity index (χ0n) is 17.0. The quantitative estimate of drug-likeness (QED) is 0.696. The Morgan fingerprint density at radius 3 is 2.13 bits per heavy atom. The Balaban J connectivity index is 2.36. The zero-order valence-corrected chi connectivity index (χ0v) is 17.8. The Hall–Kier alpha value is -2.35. The number of carbonyl (C=O) groups is 2. The molecule has 0 bridgehead atoms. The Kier molecular flexibility index (Phi) is 6.26. The molecular formula is C22H25F3N2O2S. The lowest BCUT2D eigenvalue weighted by Gasteiger charge is -2.47. The topological polar surface area (TPSA) is 63.4 Å². The lowest BCUT2D eigenvalue weighted by atomic mass is 9.71. The standard InChI is InChI=1S/C22H25F3N2O2S/c1-14-11-15(2)13-17(12-14)27(20(29)22(23,24)25)21(19(26)28,18-9-6-10-30-18)16-7-4-3-5-8-16/h6,9-13,16H,3-5,7-8H2,1-2H3,(H2,26,28). The molecule has 162 valence electrons. The van der Waals surface area contributed by atoms with Crippen LogP contribution in [0.1, 0.15) is 48.1 Å². The third kappa shape index (κ3) is 3.97. The summed E-state index contributed by atoms with van der Waals surface area (Å²) in [5.74, 6) is -3.52. The van der Waals surface area contributed by atoms with Crippen molar-refractivity contribution in [3.63, 3.8) is 0 Å². The fraction of sp³-hybridized carbons (Fsp3) is 0.455. The summed E-state index contributed by atoms with van der Waals surface area (Å²) in [5, 5.41) is 1.69. The first kappa shape index (κ1) is 22.3. The van der Waals surface area contributed by atoms with E-state index in [-0.39, 0.29) is 5.69 Å². The highest BCUT2D eigenvalue weighted by Crippen LogP contribution is 2.48. The van der Waals surface area contributed by atoms with Gasteiger partial charge in [-0.05, 0) is 67.3 Å². The number of halogens is 3. The van der Waals surface area contributed by atoms with E-state index in [0.717, 1.165) is 30.6 Å². The molecule has 2 N–H and O–H groups in total. The van der Waals surface area contributed by atoms with Crippen molar-refractivity contribution in [3.05, 3.63) is 51.7 Å². The minimum absolute atomic E-state index is 0.0348. The van der Waals surface area contributed by atoms with Crippen LogP contribution in [0.2, 0.25) is 0 Å². The van der Waals surface area contributed by atoms with Gasteiger partial charge in [-0.25, -0.2) is 0 Å². The van der Waals surface area contributed by atoms with Gasteiger partial charge >= 0.3 is 12.1 Å². The second kappa shape index (κ2) is 8.41. The maximum absolute atomic E-state index is 13.8. The molecule has 30 heavy (non-hydrogen) atoms. The Labute approximate surface area is 177 Å². The van der Waals surface area contributed by atoms with Crippen LogP contribution >= 0.6 is 11.3 Å². The number of rotatable bonds is 5. The van der Waals surface area contributed by atoms with Crippen molar-refractivity contribution in [2.45, 2.75) is 57.7 Å². The molecule has 1 aliphatic carbocycles. The van der Waals surface area contributed by atoms with Crippen molar-refractivity contribution in [2.75, 3.05) is 4.90 Å². The average molecular weight is 439 g/mol. The normalized spacial score (nSPS) is 17.4. The summed E-state index contributed by atoms with van der Waals surface area (Å²) in [5.41, 5.74) is 5.41. The zero-order chi connectivity index (χ0) is 22.1. The molecular weight excluding hydrogens is 413 g/mol. The first-order valence-electron chi connectivity index (χ1n) is 9.92. The molecule has 0 radical (unpaired) electrons. The average Bonchev–Trinajstić information content (AvgIpc) is 3.19. The minimum Gasteiger partial charge on any atom is -0.367 e. The summed E-state index contributed by atoms with van der Waals surface area (Å²) < 4.78 is 41.5. The molecule has 1 aromatic carbocycles. The van der Waals surface area contributed by atoms with Crippen molar-refractivity contribution in [1.82, 2.24) is 0 Å². The van der Waals surface area contributed by atoms with Gasteiger partial charge in [0.2, 0.25) is 5.91 Å². The van der Waals surface area contributed by atoms with Crippen molar-refractivity contribution in [1.29, 1.82) is 0 Å². The number of hydrogen-bond donors (Lipinski definition) is 1. The number of nitrogens with two attached hydrogens (primary N) is 1. The van der Waals surface area contributed by atoms with Crippen molar-refractivity contribution < 1.29 is 22.8 Å². The van der Waals surface area contributed by atoms with Gasteiger partial charge in [-0.2, -0.15) is 13.2 Å². The monoisotopic (exact) mass is 438 g/mol. The summed E-state index contributed by atoms with van der Waals surface area (Å²) in [7, 11) is 0. The molecule has 2 aromatic rings. The SMILES string of the molecule is Cc1cc(C)cc(N(C(=O)C(F)(F)F)C(C(N)=O)(c2cccs2)C2CCCCC2)c1. The second-order valence-corrected chi connectivity index (χ2v) is 8.87. The number of benzene rings is 1. The third-order valence-corrected chi connectivity index (χ3v) is 6.73. The first-order chi connectivity index (χ1) is 14.1. The fourth-order valence-corrected chi connectivity index (χ4v) is 5.63. The van der Waals surface area contributed by atoms with Gasteiger partial charge in [-0.15, -0.1) is 11.3 Å². The predicted octanol–water partition coefficient (Wildman–Crippen LogP) is 5.22. The molecule has 1 aromatic heterocycles. The molecule has 2 amide bonds. The van der Waals surface area contributed by atoms with Crippen LogP contribution in [0.5, 0.6) is 0 Å². The third-order valence-electron chi connectivity index (χ3n) is 5.73. The highest BCUT2D eigenvalue weighted by molar-refractivity contribution is 7.10. The predicted molar refractivity (Wildman–Crippen MR) is 111 cm³/mol. The van der Waals surface area contributed by atoms with Gasteiger partial charge in [-0.3, -0.25) is 14.5 Å². The molecule has 1 unspecified atom stereocenters. The lowest BCUT2D eigenvalue weighted by Crippen LogP contribution is -2.64. The van der Waals surface area contributed by atoms with E-state index in [2.05, 4.69) is 0 Å². The highest BCUT2D eigenvalue weighted by Gasteiger charge is 2.58. The number of carbonyl (C=O) groups excluding carboxylic acids is 2. The highest BCUT2D eigenvalue weighted by atomic mass is 32.1. The largest absolute Gasteiger partial charge is 0.471 e. The number of amides is 2. The Bertz CT molecular complexity index is 901. The smallest absolute Gasteiger partial charge is 0.367 e. The van der Waals surface area contributed by atoms with Crippen LogP contribution in [-0.4, -0.2) is 18.0 Å². The van der Waals surface area contributed by atoms with E-state index in [1.165, 1.54) is 12.1 Å². The maximum Gasteiger partial charge on any atom is 0.471 e. The van der Waals surface area contributed by atoms with E-state index < -0.39 is 29.4 Å².